The third kappa shape index (κ3) is 4.03. The van der Waals surface area contributed by atoms with Crippen LogP contribution in [0.2, 0.25) is 0 Å². The molecule has 0 fully saturated rings. The van der Waals surface area contributed by atoms with Crippen LogP contribution in [0.15, 0.2) is 85.2 Å². The lowest BCUT2D eigenvalue weighted by atomic mass is 10.1. The second-order valence-electron chi connectivity index (χ2n) is 7.48. The Morgan fingerprint density at radius 1 is 0.906 bits per heavy atom. The number of para-hydroxylation sites is 1. The summed E-state index contributed by atoms with van der Waals surface area (Å²) in [4.78, 5) is 8.94. The summed E-state index contributed by atoms with van der Waals surface area (Å²) < 4.78 is 13.0. The summed E-state index contributed by atoms with van der Waals surface area (Å²) in [7, 11) is 3.48. The van der Waals surface area contributed by atoms with E-state index in [1.165, 1.54) is 0 Å². The summed E-state index contributed by atoms with van der Waals surface area (Å²) in [5.41, 5.74) is 5.91. The highest BCUT2D eigenvalue weighted by molar-refractivity contribution is 5.81. The fourth-order valence-electron chi connectivity index (χ4n) is 3.61. The first kappa shape index (κ1) is 19.8. The maximum atomic E-state index is 6.07. The van der Waals surface area contributed by atoms with Gasteiger partial charge in [0, 0.05) is 36.5 Å². The number of aryl methyl sites for hydroxylation is 1. The molecule has 2 aromatic carbocycles. The third-order valence-corrected chi connectivity index (χ3v) is 5.27. The summed E-state index contributed by atoms with van der Waals surface area (Å²) in [6, 6.07) is 24.3. The van der Waals surface area contributed by atoms with E-state index in [-0.39, 0.29) is 0 Å². The molecule has 6 nitrogen and oxygen atoms in total. The first-order valence-corrected chi connectivity index (χ1v) is 10.3. The molecule has 0 aliphatic carbocycles. The zero-order valence-electron chi connectivity index (χ0n) is 17.9. The van der Waals surface area contributed by atoms with E-state index in [2.05, 4.69) is 52.5 Å². The van der Waals surface area contributed by atoms with Crippen molar-refractivity contribution in [3.8, 4) is 34.1 Å². The van der Waals surface area contributed by atoms with Crippen molar-refractivity contribution >= 4 is 10.9 Å². The van der Waals surface area contributed by atoms with Crippen molar-refractivity contribution in [2.24, 2.45) is 7.05 Å². The predicted octanol–water partition coefficient (Wildman–Crippen LogP) is 5.28. The molecule has 0 aliphatic rings. The fourth-order valence-corrected chi connectivity index (χ4v) is 3.61. The summed E-state index contributed by atoms with van der Waals surface area (Å²) in [5, 5.41) is 5.61. The van der Waals surface area contributed by atoms with Gasteiger partial charge in [0.1, 0.15) is 6.61 Å². The molecule has 0 atom stereocenters. The summed E-state index contributed by atoms with van der Waals surface area (Å²) in [6.07, 6.45) is 3.64. The van der Waals surface area contributed by atoms with E-state index in [9.17, 15) is 0 Å². The number of fused-ring (bicyclic) bond motifs is 1. The lowest BCUT2D eigenvalue weighted by Crippen LogP contribution is -1.98. The van der Waals surface area contributed by atoms with E-state index in [0.717, 1.165) is 38.9 Å². The largest absolute Gasteiger partial charge is 0.481 e. The van der Waals surface area contributed by atoms with Crippen LogP contribution in [-0.2, 0) is 13.7 Å². The van der Waals surface area contributed by atoms with E-state index < -0.39 is 0 Å². The lowest BCUT2D eigenvalue weighted by Gasteiger charge is -2.08. The summed E-state index contributed by atoms with van der Waals surface area (Å²) >= 11 is 0. The molecule has 0 bridgehead atoms. The van der Waals surface area contributed by atoms with Gasteiger partial charge in [0.15, 0.2) is 0 Å². The molecule has 3 aromatic heterocycles. The highest BCUT2D eigenvalue weighted by atomic mass is 16.5. The average molecular weight is 422 g/mol. The Bertz CT molecular complexity index is 1380. The first-order valence-electron chi connectivity index (χ1n) is 10.3. The van der Waals surface area contributed by atoms with E-state index in [4.69, 9.17) is 14.5 Å². The molecule has 5 rings (SSSR count). The van der Waals surface area contributed by atoms with Crippen LogP contribution in [0.4, 0.5) is 0 Å². The van der Waals surface area contributed by atoms with Crippen LogP contribution >= 0.6 is 0 Å². The number of aromatic nitrogens is 4. The van der Waals surface area contributed by atoms with Gasteiger partial charge in [-0.15, -0.1) is 5.10 Å². The number of ether oxygens (including phenoxy) is 2. The first-order chi connectivity index (χ1) is 15.7. The fraction of sp³-hybridized carbons (Fsp3) is 0.115. The molecule has 0 radical (unpaired) electrons. The normalized spacial score (nSPS) is 10.9. The monoisotopic (exact) mass is 422 g/mol. The van der Waals surface area contributed by atoms with Crippen LogP contribution in [0.1, 0.15) is 5.56 Å². The summed E-state index contributed by atoms with van der Waals surface area (Å²) in [5.74, 6) is 1.12. The van der Waals surface area contributed by atoms with Crippen LogP contribution in [-0.4, -0.2) is 26.9 Å². The van der Waals surface area contributed by atoms with Crippen LogP contribution < -0.4 is 9.47 Å². The lowest BCUT2D eigenvalue weighted by molar-refractivity contribution is 0.292. The van der Waals surface area contributed by atoms with Crippen molar-refractivity contribution in [2.45, 2.75) is 6.61 Å². The van der Waals surface area contributed by atoms with Crippen LogP contribution in [0, 0.1) is 0 Å². The molecule has 158 valence electrons. The minimum atomic E-state index is 0.414. The second-order valence-corrected chi connectivity index (χ2v) is 7.48. The van der Waals surface area contributed by atoms with E-state index in [1.807, 2.05) is 43.6 Å². The number of hydrogen-bond donors (Lipinski definition) is 0. The highest BCUT2D eigenvalue weighted by Gasteiger charge is 2.13. The smallest absolute Gasteiger partial charge is 0.241 e. The number of rotatable bonds is 6. The third-order valence-electron chi connectivity index (χ3n) is 5.27. The van der Waals surface area contributed by atoms with Gasteiger partial charge in [-0.3, -0.25) is 4.68 Å². The quantitative estimate of drug-likeness (QED) is 0.372. The molecule has 32 heavy (non-hydrogen) atoms. The molecule has 6 heteroatoms. The number of methoxy groups -OCH3 is 1. The minimum absolute atomic E-state index is 0.414. The van der Waals surface area contributed by atoms with Crippen molar-refractivity contribution in [3.63, 3.8) is 0 Å². The highest BCUT2D eigenvalue weighted by Crippen LogP contribution is 2.30. The van der Waals surface area contributed by atoms with Gasteiger partial charge in [0.25, 0.3) is 0 Å². The van der Waals surface area contributed by atoms with Crippen molar-refractivity contribution < 1.29 is 9.47 Å². The molecule has 0 saturated heterocycles. The van der Waals surface area contributed by atoms with Gasteiger partial charge < -0.3 is 9.47 Å². The maximum absolute atomic E-state index is 6.07. The molecule has 0 unspecified atom stereocenters. The molecule has 5 aromatic rings. The predicted molar refractivity (Wildman–Crippen MR) is 125 cm³/mol. The topological polar surface area (TPSA) is 62.1 Å². The molecular weight excluding hydrogens is 400 g/mol. The van der Waals surface area contributed by atoms with Gasteiger partial charge in [-0.25, -0.2) is 9.97 Å². The van der Waals surface area contributed by atoms with Crippen molar-refractivity contribution in [1.82, 2.24) is 19.7 Å². The van der Waals surface area contributed by atoms with Crippen LogP contribution in [0.25, 0.3) is 33.3 Å². The van der Waals surface area contributed by atoms with Gasteiger partial charge in [-0.1, -0.05) is 48.5 Å². The van der Waals surface area contributed by atoms with Crippen molar-refractivity contribution in [3.05, 3.63) is 90.8 Å². The zero-order chi connectivity index (χ0) is 21.9. The zero-order valence-corrected chi connectivity index (χ0v) is 17.9. The van der Waals surface area contributed by atoms with Gasteiger partial charge in [0.2, 0.25) is 11.8 Å². The molecule has 0 spiro atoms. The van der Waals surface area contributed by atoms with Gasteiger partial charge in [0.05, 0.1) is 23.9 Å². The van der Waals surface area contributed by atoms with E-state index in [0.29, 0.717) is 18.4 Å². The van der Waals surface area contributed by atoms with Gasteiger partial charge in [-0.2, -0.15) is 0 Å². The van der Waals surface area contributed by atoms with Crippen molar-refractivity contribution in [1.29, 1.82) is 0 Å². The molecule has 0 amide bonds. The second kappa shape index (κ2) is 8.51. The molecular formula is C26H22N4O2. The SMILES string of the molecule is COc1cc(-c2cn(C)nc2OCc2ccc(-c3ccc4ccccc4n3)cc2)ccn1. The van der Waals surface area contributed by atoms with E-state index >= 15 is 0 Å². The molecule has 0 saturated carbocycles. The molecule has 0 N–H and O–H groups in total. The average Bonchev–Trinajstić information content (AvgIpc) is 3.23. The Kier molecular flexibility index (Phi) is 5.25. The van der Waals surface area contributed by atoms with Crippen molar-refractivity contribution in [2.75, 3.05) is 7.11 Å². The van der Waals surface area contributed by atoms with Gasteiger partial charge in [-0.05, 0) is 29.3 Å². The van der Waals surface area contributed by atoms with Crippen LogP contribution in [0.3, 0.4) is 0 Å². The number of hydrogen-bond acceptors (Lipinski definition) is 5. The number of pyridine rings is 2. The maximum Gasteiger partial charge on any atom is 0.241 e. The molecule has 3 heterocycles. The molecule has 0 aliphatic heterocycles. The summed E-state index contributed by atoms with van der Waals surface area (Å²) in [6.45, 7) is 0.414. The minimum Gasteiger partial charge on any atom is -0.481 e. The van der Waals surface area contributed by atoms with Crippen LogP contribution in [0.5, 0.6) is 11.8 Å². The van der Waals surface area contributed by atoms with E-state index in [1.54, 1.807) is 18.0 Å². The number of benzene rings is 2. The number of nitrogens with zero attached hydrogens (tertiary/aromatic N) is 4. The Labute approximate surface area is 186 Å². The Morgan fingerprint density at radius 2 is 1.75 bits per heavy atom. The Balaban J connectivity index is 1.33. The van der Waals surface area contributed by atoms with Gasteiger partial charge >= 0.3 is 0 Å². The Hall–Kier alpha value is -4.19. The Morgan fingerprint density at radius 3 is 2.59 bits per heavy atom. The standard InChI is InChI=1S/C26H22N4O2/c1-30-16-22(21-13-14-27-25(15-21)31-2)26(29-30)32-17-18-7-9-20(10-8-18)24-12-11-19-5-3-4-6-23(19)28-24/h3-16H,17H2,1-2H3.